The van der Waals surface area contributed by atoms with E-state index in [2.05, 4.69) is 6.92 Å². The normalized spacial score (nSPS) is 23.4. The number of benzene rings is 1. The second-order valence-electron chi connectivity index (χ2n) is 5.20. The van der Waals surface area contributed by atoms with E-state index in [4.69, 9.17) is 5.73 Å². The van der Waals surface area contributed by atoms with E-state index >= 15 is 0 Å². The van der Waals surface area contributed by atoms with Gasteiger partial charge in [-0.3, -0.25) is 4.79 Å². The summed E-state index contributed by atoms with van der Waals surface area (Å²) in [6, 6.07) is 10.1. The van der Waals surface area contributed by atoms with Crippen molar-refractivity contribution in [1.29, 1.82) is 0 Å². The fourth-order valence-electron chi connectivity index (χ4n) is 2.44. The zero-order valence-corrected chi connectivity index (χ0v) is 12.2. The Hall–Kier alpha value is -1.00. The summed E-state index contributed by atoms with van der Waals surface area (Å²) in [5.41, 5.74) is 5.78. The van der Waals surface area contributed by atoms with Gasteiger partial charge in [0.2, 0.25) is 5.91 Å². The molecule has 0 aromatic heterocycles. The first-order valence-corrected chi connectivity index (χ1v) is 7.85. The van der Waals surface area contributed by atoms with Gasteiger partial charge in [0.15, 0.2) is 0 Å². The molecule has 1 aliphatic rings. The Balaban J connectivity index is 1.83. The van der Waals surface area contributed by atoms with Gasteiger partial charge in [-0.05, 0) is 36.9 Å². The molecule has 0 aliphatic carbocycles. The molecule has 1 amide bonds. The van der Waals surface area contributed by atoms with Crippen molar-refractivity contribution in [1.82, 2.24) is 4.90 Å². The van der Waals surface area contributed by atoms with Crippen molar-refractivity contribution in [3.63, 3.8) is 0 Å². The Morgan fingerprint density at radius 1 is 1.42 bits per heavy atom. The zero-order chi connectivity index (χ0) is 13.7. The molecule has 1 aliphatic heterocycles. The number of likely N-dealkylation sites (tertiary alicyclic amines) is 1. The summed E-state index contributed by atoms with van der Waals surface area (Å²) >= 11 is 1.61. The second kappa shape index (κ2) is 6.96. The number of rotatable bonds is 4. The fourth-order valence-corrected chi connectivity index (χ4v) is 3.26. The molecule has 0 bridgehead atoms. The summed E-state index contributed by atoms with van der Waals surface area (Å²) in [7, 11) is 0. The molecule has 1 fully saturated rings. The summed E-state index contributed by atoms with van der Waals surface area (Å²) in [5, 5.41) is 0. The van der Waals surface area contributed by atoms with Crippen molar-refractivity contribution in [2.24, 2.45) is 17.6 Å². The predicted octanol–water partition coefficient (Wildman–Crippen LogP) is 2.22. The monoisotopic (exact) mass is 278 g/mol. The highest BCUT2D eigenvalue weighted by atomic mass is 32.2. The zero-order valence-electron chi connectivity index (χ0n) is 11.4. The number of nitrogens with two attached hydrogens (primary N) is 1. The third-order valence-corrected chi connectivity index (χ3v) is 4.87. The van der Waals surface area contributed by atoms with E-state index in [0.29, 0.717) is 24.1 Å². The average Bonchev–Trinajstić information content (AvgIpc) is 2.46. The van der Waals surface area contributed by atoms with Crippen LogP contribution in [0.15, 0.2) is 35.2 Å². The van der Waals surface area contributed by atoms with Crippen LogP contribution in [0, 0.1) is 11.8 Å². The van der Waals surface area contributed by atoms with Crippen molar-refractivity contribution in [2.45, 2.75) is 18.2 Å². The molecular formula is C15H22N2OS. The van der Waals surface area contributed by atoms with Crippen LogP contribution in [0.3, 0.4) is 0 Å². The van der Waals surface area contributed by atoms with Crippen molar-refractivity contribution in [3.05, 3.63) is 30.3 Å². The molecule has 2 atom stereocenters. The van der Waals surface area contributed by atoms with Gasteiger partial charge >= 0.3 is 0 Å². The SMILES string of the molecule is CC1CCN(C(=O)CSc2ccccc2)CC1CN. The Morgan fingerprint density at radius 3 is 2.84 bits per heavy atom. The smallest absolute Gasteiger partial charge is 0.232 e. The van der Waals surface area contributed by atoms with E-state index in [-0.39, 0.29) is 5.91 Å². The van der Waals surface area contributed by atoms with Gasteiger partial charge in [-0.2, -0.15) is 0 Å². The number of piperidine rings is 1. The van der Waals surface area contributed by atoms with Crippen LogP contribution < -0.4 is 5.73 Å². The number of thioether (sulfide) groups is 1. The van der Waals surface area contributed by atoms with E-state index in [1.54, 1.807) is 11.8 Å². The molecule has 4 heteroatoms. The highest BCUT2D eigenvalue weighted by Crippen LogP contribution is 2.24. The van der Waals surface area contributed by atoms with Crippen LogP contribution in [-0.4, -0.2) is 36.2 Å². The van der Waals surface area contributed by atoms with Gasteiger partial charge in [0, 0.05) is 18.0 Å². The molecule has 1 aromatic carbocycles. The van der Waals surface area contributed by atoms with Crippen LogP contribution in [0.25, 0.3) is 0 Å². The maximum atomic E-state index is 12.2. The summed E-state index contributed by atoms with van der Waals surface area (Å²) in [6.07, 6.45) is 1.07. The molecule has 104 valence electrons. The van der Waals surface area contributed by atoms with Crippen molar-refractivity contribution >= 4 is 17.7 Å². The Labute approximate surface area is 119 Å². The van der Waals surface area contributed by atoms with Crippen molar-refractivity contribution in [2.75, 3.05) is 25.4 Å². The van der Waals surface area contributed by atoms with Gasteiger partial charge in [-0.1, -0.05) is 25.1 Å². The maximum Gasteiger partial charge on any atom is 0.232 e. The molecule has 0 spiro atoms. The maximum absolute atomic E-state index is 12.2. The lowest BCUT2D eigenvalue weighted by Gasteiger charge is -2.36. The summed E-state index contributed by atoms with van der Waals surface area (Å²) in [5.74, 6) is 1.85. The van der Waals surface area contributed by atoms with Crippen LogP contribution >= 0.6 is 11.8 Å². The van der Waals surface area contributed by atoms with Crippen molar-refractivity contribution < 1.29 is 4.79 Å². The van der Waals surface area contributed by atoms with Gasteiger partial charge < -0.3 is 10.6 Å². The van der Waals surface area contributed by atoms with Gasteiger partial charge in [-0.25, -0.2) is 0 Å². The van der Waals surface area contributed by atoms with Gasteiger partial charge in [0.1, 0.15) is 0 Å². The lowest BCUT2D eigenvalue weighted by molar-refractivity contribution is -0.130. The molecule has 2 N–H and O–H groups in total. The molecule has 1 aromatic rings. The standard InChI is InChI=1S/C15H22N2OS/c1-12-7-8-17(10-13(12)9-16)15(18)11-19-14-5-3-2-4-6-14/h2-6,12-13H,7-11,16H2,1H3. The van der Waals surface area contributed by atoms with Gasteiger partial charge in [0.25, 0.3) is 0 Å². The minimum atomic E-state index is 0.235. The van der Waals surface area contributed by atoms with E-state index < -0.39 is 0 Å². The summed E-state index contributed by atoms with van der Waals surface area (Å²) < 4.78 is 0. The first-order chi connectivity index (χ1) is 9.20. The van der Waals surface area contributed by atoms with E-state index in [9.17, 15) is 4.79 Å². The van der Waals surface area contributed by atoms with Crippen LogP contribution in [-0.2, 0) is 4.79 Å². The van der Waals surface area contributed by atoms with Crippen LogP contribution in [0.2, 0.25) is 0 Å². The molecule has 2 rings (SSSR count). The third kappa shape index (κ3) is 3.98. The number of hydrogen-bond donors (Lipinski definition) is 1. The van der Waals surface area contributed by atoms with E-state index in [1.165, 1.54) is 0 Å². The number of carbonyl (C=O) groups is 1. The third-order valence-electron chi connectivity index (χ3n) is 3.87. The lowest BCUT2D eigenvalue weighted by Crippen LogP contribution is -2.46. The number of amides is 1. The summed E-state index contributed by atoms with van der Waals surface area (Å²) in [6.45, 7) is 4.62. The Kier molecular flexibility index (Phi) is 5.28. The minimum absolute atomic E-state index is 0.235. The van der Waals surface area contributed by atoms with Crippen molar-refractivity contribution in [3.8, 4) is 0 Å². The quantitative estimate of drug-likeness (QED) is 0.859. The Bertz CT molecular complexity index is 410. The average molecular weight is 278 g/mol. The van der Waals surface area contributed by atoms with Gasteiger partial charge in [-0.15, -0.1) is 11.8 Å². The molecule has 1 saturated heterocycles. The molecular weight excluding hydrogens is 256 g/mol. The summed E-state index contributed by atoms with van der Waals surface area (Å²) in [4.78, 5) is 15.3. The van der Waals surface area contributed by atoms with E-state index in [0.717, 1.165) is 24.4 Å². The predicted molar refractivity (Wildman–Crippen MR) is 80.1 cm³/mol. The number of hydrogen-bond acceptors (Lipinski definition) is 3. The fraction of sp³-hybridized carbons (Fsp3) is 0.533. The molecule has 0 saturated carbocycles. The topological polar surface area (TPSA) is 46.3 Å². The molecule has 3 nitrogen and oxygen atoms in total. The van der Waals surface area contributed by atoms with Crippen LogP contribution in [0.1, 0.15) is 13.3 Å². The first kappa shape index (κ1) is 14.4. The highest BCUT2D eigenvalue weighted by molar-refractivity contribution is 8.00. The second-order valence-corrected chi connectivity index (χ2v) is 6.25. The van der Waals surface area contributed by atoms with Crippen LogP contribution in [0.5, 0.6) is 0 Å². The Morgan fingerprint density at radius 2 is 2.16 bits per heavy atom. The highest BCUT2D eigenvalue weighted by Gasteiger charge is 2.27. The number of carbonyl (C=O) groups excluding carboxylic acids is 1. The lowest BCUT2D eigenvalue weighted by atomic mass is 9.87. The minimum Gasteiger partial charge on any atom is -0.342 e. The molecule has 0 radical (unpaired) electrons. The molecule has 19 heavy (non-hydrogen) atoms. The largest absolute Gasteiger partial charge is 0.342 e. The van der Waals surface area contributed by atoms with Crippen LogP contribution in [0.4, 0.5) is 0 Å². The first-order valence-electron chi connectivity index (χ1n) is 6.86. The van der Waals surface area contributed by atoms with Gasteiger partial charge in [0.05, 0.1) is 5.75 Å². The molecule has 2 unspecified atom stereocenters. The number of nitrogens with zero attached hydrogens (tertiary/aromatic N) is 1. The van der Waals surface area contributed by atoms with E-state index in [1.807, 2.05) is 35.2 Å². The molecule has 1 heterocycles.